The first-order valence-electron chi connectivity index (χ1n) is 7.53. The van der Waals surface area contributed by atoms with Crippen LogP contribution in [-0.2, 0) is 18.4 Å². The molecule has 0 saturated carbocycles. The Morgan fingerprint density at radius 2 is 2.25 bits per heavy atom. The molecule has 126 valence electrons. The first kappa shape index (κ1) is 16.1. The number of amides is 1. The number of fused-ring (bicyclic) bond motifs is 1. The molecule has 2 N–H and O–H groups in total. The predicted molar refractivity (Wildman–Crippen MR) is 89.0 cm³/mol. The van der Waals surface area contributed by atoms with Gasteiger partial charge in [-0.3, -0.25) is 14.4 Å². The lowest BCUT2D eigenvalue weighted by Crippen LogP contribution is -2.30. The van der Waals surface area contributed by atoms with Crippen molar-refractivity contribution in [2.24, 2.45) is 7.05 Å². The molecule has 0 saturated heterocycles. The number of hydrogen-bond acceptors (Lipinski definition) is 4. The highest BCUT2D eigenvalue weighted by Crippen LogP contribution is 2.14. The Balaban J connectivity index is 1.60. The summed E-state index contributed by atoms with van der Waals surface area (Å²) in [5, 5.41) is 6.93. The lowest BCUT2D eigenvalue weighted by atomic mass is 10.3. The minimum absolute atomic E-state index is 0.129. The highest BCUT2D eigenvalue weighted by Gasteiger charge is 2.12. The number of nitrogens with one attached hydrogen (secondary N) is 2. The van der Waals surface area contributed by atoms with Crippen LogP contribution in [0.4, 0.5) is 10.1 Å². The molecule has 0 bridgehead atoms. The molecule has 3 rings (SSSR count). The van der Waals surface area contributed by atoms with Crippen molar-refractivity contribution >= 4 is 22.6 Å². The summed E-state index contributed by atoms with van der Waals surface area (Å²) in [6.45, 7) is 2.55. The number of carbonyl (C=O) groups excluding carboxylic acids is 1. The standard InChI is InChI=1S/C16H19FN6O/c1-10-14(7-18-23(10)3)21-16(24)9-22(2)8-15-19-12-5-4-11(17)6-13(12)20-15/h4-7H,8-9H2,1-3H3,(H,19,20)(H,21,24). The second-order valence-electron chi connectivity index (χ2n) is 5.83. The van der Waals surface area contributed by atoms with E-state index in [2.05, 4.69) is 20.4 Å². The van der Waals surface area contributed by atoms with Gasteiger partial charge in [0.15, 0.2) is 0 Å². The second-order valence-corrected chi connectivity index (χ2v) is 5.83. The van der Waals surface area contributed by atoms with E-state index in [1.165, 1.54) is 12.1 Å². The third kappa shape index (κ3) is 3.43. The summed E-state index contributed by atoms with van der Waals surface area (Å²) in [6, 6.07) is 4.41. The van der Waals surface area contributed by atoms with Gasteiger partial charge >= 0.3 is 0 Å². The maximum Gasteiger partial charge on any atom is 0.238 e. The average Bonchev–Trinajstić information content (AvgIpc) is 3.04. The summed E-state index contributed by atoms with van der Waals surface area (Å²) in [4.78, 5) is 21.4. The third-order valence-corrected chi connectivity index (χ3v) is 3.84. The van der Waals surface area contributed by atoms with E-state index in [4.69, 9.17) is 0 Å². The molecule has 0 atom stereocenters. The molecule has 0 radical (unpaired) electrons. The molecule has 7 nitrogen and oxygen atoms in total. The number of aromatic amines is 1. The largest absolute Gasteiger partial charge is 0.341 e. The van der Waals surface area contributed by atoms with Crippen molar-refractivity contribution in [3.05, 3.63) is 41.7 Å². The quantitative estimate of drug-likeness (QED) is 0.748. The zero-order valence-electron chi connectivity index (χ0n) is 13.8. The number of nitrogens with zero attached hydrogens (tertiary/aromatic N) is 4. The number of halogens is 1. The maximum atomic E-state index is 13.2. The molecule has 0 aliphatic carbocycles. The van der Waals surface area contributed by atoms with Gasteiger partial charge in [-0.2, -0.15) is 5.10 Å². The topological polar surface area (TPSA) is 78.8 Å². The Morgan fingerprint density at radius 3 is 2.96 bits per heavy atom. The van der Waals surface area contributed by atoms with Gasteiger partial charge in [-0.05, 0) is 32.2 Å². The second kappa shape index (κ2) is 6.40. The van der Waals surface area contributed by atoms with E-state index < -0.39 is 0 Å². The fourth-order valence-corrected chi connectivity index (χ4v) is 2.48. The number of H-pyrrole nitrogens is 1. The first-order chi connectivity index (χ1) is 11.4. The number of imidazole rings is 1. The van der Waals surface area contributed by atoms with Crippen molar-refractivity contribution in [1.82, 2.24) is 24.6 Å². The van der Waals surface area contributed by atoms with Gasteiger partial charge in [0, 0.05) is 7.05 Å². The Morgan fingerprint density at radius 1 is 1.46 bits per heavy atom. The average molecular weight is 330 g/mol. The molecule has 1 amide bonds. The Bertz CT molecular complexity index is 884. The predicted octanol–water partition coefficient (Wildman–Crippen LogP) is 1.81. The number of aryl methyl sites for hydroxylation is 1. The fourth-order valence-electron chi connectivity index (χ4n) is 2.48. The van der Waals surface area contributed by atoms with Crippen LogP contribution in [0.5, 0.6) is 0 Å². The van der Waals surface area contributed by atoms with E-state index >= 15 is 0 Å². The summed E-state index contributed by atoms with van der Waals surface area (Å²) < 4.78 is 14.9. The van der Waals surface area contributed by atoms with Crippen LogP contribution in [0.15, 0.2) is 24.4 Å². The van der Waals surface area contributed by atoms with Crippen LogP contribution in [0.2, 0.25) is 0 Å². The summed E-state index contributed by atoms with van der Waals surface area (Å²) in [5.41, 5.74) is 2.95. The molecule has 2 heterocycles. The van der Waals surface area contributed by atoms with Crippen molar-refractivity contribution in [2.75, 3.05) is 18.9 Å². The van der Waals surface area contributed by atoms with E-state index in [1.54, 1.807) is 16.9 Å². The number of aromatic nitrogens is 4. The van der Waals surface area contributed by atoms with E-state index in [0.717, 1.165) is 5.69 Å². The molecular weight excluding hydrogens is 311 g/mol. The molecule has 0 spiro atoms. The summed E-state index contributed by atoms with van der Waals surface area (Å²) in [5.74, 6) is 0.247. The first-order valence-corrected chi connectivity index (χ1v) is 7.53. The molecule has 1 aromatic carbocycles. The Labute approximate surface area is 138 Å². The Hall–Kier alpha value is -2.74. The molecule has 2 aromatic heterocycles. The van der Waals surface area contributed by atoms with Gasteiger partial charge in [0.1, 0.15) is 11.6 Å². The molecule has 0 aliphatic heterocycles. The van der Waals surface area contributed by atoms with E-state index in [9.17, 15) is 9.18 Å². The lowest BCUT2D eigenvalue weighted by molar-refractivity contribution is -0.117. The zero-order chi connectivity index (χ0) is 17.3. The van der Waals surface area contributed by atoms with E-state index in [0.29, 0.717) is 29.1 Å². The lowest BCUT2D eigenvalue weighted by Gasteiger charge is -2.14. The Kier molecular flexibility index (Phi) is 4.30. The van der Waals surface area contributed by atoms with E-state index in [-0.39, 0.29) is 18.3 Å². The number of likely N-dealkylation sites (N-methyl/N-ethyl adjacent to an activating group) is 1. The number of hydrogen-bond donors (Lipinski definition) is 2. The van der Waals surface area contributed by atoms with Gasteiger partial charge in [0.2, 0.25) is 5.91 Å². The van der Waals surface area contributed by atoms with Crippen molar-refractivity contribution in [3.8, 4) is 0 Å². The van der Waals surface area contributed by atoms with Crippen LogP contribution in [0, 0.1) is 12.7 Å². The molecule has 0 unspecified atom stereocenters. The molecular formula is C16H19FN6O. The molecule has 8 heteroatoms. The maximum absolute atomic E-state index is 13.2. The van der Waals surface area contributed by atoms with Gasteiger partial charge in [-0.25, -0.2) is 9.37 Å². The molecule has 24 heavy (non-hydrogen) atoms. The van der Waals surface area contributed by atoms with Gasteiger partial charge in [-0.1, -0.05) is 0 Å². The number of carbonyl (C=O) groups is 1. The third-order valence-electron chi connectivity index (χ3n) is 3.84. The summed E-state index contributed by atoms with van der Waals surface area (Å²) in [6.07, 6.45) is 1.63. The molecule has 3 aromatic rings. The minimum atomic E-state index is -0.308. The van der Waals surface area contributed by atoms with Gasteiger partial charge in [0.25, 0.3) is 0 Å². The molecule has 0 aliphatic rings. The van der Waals surface area contributed by atoms with Crippen molar-refractivity contribution in [1.29, 1.82) is 0 Å². The van der Waals surface area contributed by atoms with E-state index in [1.807, 2.05) is 25.9 Å². The molecule has 0 fully saturated rings. The van der Waals surface area contributed by atoms with Crippen molar-refractivity contribution in [3.63, 3.8) is 0 Å². The highest BCUT2D eigenvalue weighted by atomic mass is 19.1. The monoisotopic (exact) mass is 330 g/mol. The van der Waals surface area contributed by atoms with Crippen molar-refractivity contribution < 1.29 is 9.18 Å². The zero-order valence-corrected chi connectivity index (χ0v) is 13.8. The smallest absolute Gasteiger partial charge is 0.238 e. The minimum Gasteiger partial charge on any atom is -0.341 e. The van der Waals surface area contributed by atoms with Gasteiger partial charge < -0.3 is 10.3 Å². The highest BCUT2D eigenvalue weighted by molar-refractivity contribution is 5.92. The van der Waals surface area contributed by atoms with Crippen LogP contribution in [0.25, 0.3) is 11.0 Å². The number of anilines is 1. The summed E-state index contributed by atoms with van der Waals surface area (Å²) >= 11 is 0. The summed E-state index contributed by atoms with van der Waals surface area (Å²) in [7, 11) is 3.64. The van der Waals surface area contributed by atoms with Crippen LogP contribution >= 0.6 is 0 Å². The van der Waals surface area contributed by atoms with Crippen molar-refractivity contribution in [2.45, 2.75) is 13.5 Å². The van der Waals surface area contributed by atoms with Crippen LogP contribution in [0.3, 0.4) is 0 Å². The van der Waals surface area contributed by atoms with Gasteiger partial charge in [-0.15, -0.1) is 0 Å². The number of benzene rings is 1. The van der Waals surface area contributed by atoms with Crippen LogP contribution in [-0.4, -0.2) is 44.1 Å². The van der Waals surface area contributed by atoms with Crippen LogP contribution < -0.4 is 5.32 Å². The normalized spacial score (nSPS) is 11.4. The number of rotatable bonds is 5. The van der Waals surface area contributed by atoms with Crippen LogP contribution in [0.1, 0.15) is 11.5 Å². The fraction of sp³-hybridized carbons (Fsp3) is 0.312. The SMILES string of the molecule is Cc1c(NC(=O)CN(C)Cc2nc3ccc(F)cc3[nH]2)cnn1C. The van der Waals surface area contributed by atoms with Gasteiger partial charge in [0.05, 0.1) is 41.7 Å².